The number of likely N-dealkylation sites (tertiary alicyclic amines) is 1. The molecule has 2 aliphatic carbocycles. The van der Waals surface area contributed by atoms with Gasteiger partial charge in [-0.15, -0.1) is 0 Å². The molecule has 2 bridgehead atoms. The van der Waals surface area contributed by atoms with E-state index in [1.165, 1.54) is 31.5 Å². The molecule has 24 heavy (non-hydrogen) atoms. The van der Waals surface area contributed by atoms with E-state index in [2.05, 4.69) is 47.1 Å². The fourth-order valence-electron chi connectivity index (χ4n) is 5.61. The van der Waals surface area contributed by atoms with Crippen LogP contribution >= 0.6 is 0 Å². The zero-order valence-corrected chi connectivity index (χ0v) is 14.7. The first-order valence-electron chi connectivity index (χ1n) is 9.71. The van der Waals surface area contributed by atoms with Gasteiger partial charge in [-0.2, -0.15) is 0 Å². The molecule has 5 aliphatic rings. The number of hydrogen-bond donors (Lipinski definition) is 0. The second-order valence-corrected chi connectivity index (χ2v) is 8.93. The third-order valence-electron chi connectivity index (χ3n) is 7.28. The van der Waals surface area contributed by atoms with Crippen molar-refractivity contribution in [1.29, 1.82) is 0 Å². The predicted molar refractivity (Wildman–Crippen MR) is 94.3 cm³/mol. The Hall–Kier alpha value is -1.35. The number of hydrogen-bond acceptors (Lipinski definition) is 2. The molecule has 3 heteroatoms. The maximum Gasteiger partial charge on any atom is 0.228 e. The first-order valence-corrected chi connectivity index (χ1v) is 9.71. The van der Waals surface area contributed by atoms with Crippen LogP contribution in [0.3, 0.4) is 0 Å². The monoisotopic (exact) mass is 324 g/mol. The van der Waals surface area contributed by atoms with Crippen molar-refractivity contribution in [2.75, 3.05) is 19.6 Å². The molecule has 3 aliphatic heterocycles. The van der Waals surface area contributed by atoms with Gasteiger partial charge in [-0.25, -0.2) is 0 Å². The fourth-order valence-corrected chi connectivity index (χ4v) is 5.61. The van der Waals surface area contributed by atoms with Crippen molar-refractivity contribution in [3.63, 3.8) is 0 Å². The van der Waals surface area contributed by atoms with E-state index < -0.39 is 0 Å². The van der Waals surface area contributed by atoms with Crippen LogP contribution in [0, 0.1) is 23.2 Å². The Morgan fingerprint density at radius 2 is 1.83 bits per heavy atom. The van der Waals surface area contributed by atoms with Crippen molar-refractivity contribution in [2.24, 2.45) is 23.2 Å². The van der Waals surface area contributed by atoms with E-state index in [1.807, 2.05) is 0 Å². The SMILES string of the molecule is CC1(C(=O)N2CC3CCC2C2CN(Cc4ccccc4)CC32)CC1. The van der Waals surface area contributed by atoms with Crippen LogP contribution in [0.5, 0.6) is 0 Å². The molecule has 3 heterocycles. The summed E-state index contributed by atoms with van der Waals surface area (Å²) in [5, 5.41) is 0. The van der Waals surface area contributed by atoms with Gasteiger partial charge in [0.1, 0.15) is 0 Å². The van der Waals surface area contributed by atoms with Gasteiger partial charge in [-0.1, -0.05) is 37.3 Å². The van der Waals surface area contributed by atoms with Crippen molar-refractivity contribution in [1.82, 2.24) is 9.80 Å². The number of nitrogens with zero attached hydrogens (tertiary/aromatic N) is 2. The van der Waals surface area contributed by atoms with Crippen LogP contribution in [0.1, 0.15) is 38.2 Å². The van der Waals surface area contributed by atoms with Crippen molar-refractivity contribution in [3.05, 3.63) is 35.9 Å². The molecule has 0 aromatic heterocycles. The summed E-state index contributed by atoms with van der Waals surface area (Å²) in [6.45, 7) is 6.70. The van der Waals surface area contributed by atoms with E-state index in [9.17, 15) is 4.79 Å². The first kappa shape index (κ1) is 14.9. The van der Waals surface area contributed by atoms with E-state index in [-0.39, 0.29) is 5.41 Å². The van der Waals surface area contributed by atoms with Gasteiger partial charge < -0.3 is 4.90 Å². The largest absolute Gasteiger partial charge is 0.339 e. The minimum absolute atomic E-state index is 0.00466. The molecule has 5 fully saturated rings. The predicted octanol–water partition coefficient (Wildman–Crippen LogP) is 3.16. The summed E-state index contributed by atoms with van der Waals surface area (Å²) in [7, 11) is 0. The van der Waals surface area contributed by atoms with E-state index >= 15 is 0 Å². The highest BCUT2D eigenvalue weighted by atomic mass is 16.2. The Labute approximate surface area is 145 Å². The minimum atomic E-state index is -0.00466. The molecule has 3 nitrogen and oxygen atoms in total. The molecule has 4 unspecified atom stereocenters. The number of piperidine rings is 2. The summed E-state index contributed by atoms with van der Waals surface area (Å²) < 4.78 is 0. The number of fused-ring (bicyclic) bond motifs is 2. The van der Waals surface area contributed by atoms with Crippen LogP contribution in [-0.2, 0) is 11.3 Å². The maximum atomic E-state index is 12.9. The molecule has 1 aromatic rings. The molecule has 0 spiro atoms. The molecule has 1 amide bonds. The van der Waals surface area contributed by atoms with Crippen molar-refractivity contribution in [3.8, 4) is 0 Å². The summed E-state index contributed by atoms with van der Waals surface area (Å²) in [4.78, 5) is 17.9. The fraction of sp³-hybridized carbons (Fsp3) is 0.667. The zero-order valence-electron chi connectivity index (χ0n) is 14.7. The van der Waals surface area contributed by atoms with E-state index in [0.717, 1.165) is 37.8 Å². The van der Waals surface area contributed by atoms with Gasteiger partial charge >= 0.3 is 0 Å². The van der Waals surface area contributed by atoms with E-state index in [4.69, 9.17) is 0 Å². The van der Waals surface area contributed by atoms with Crippen LogP contribution in [0.15, 0.2) is 30.3 Å². The third-order valence-corrected chi connectivity index (χ3v) is 7.28. The van der Waals surface area contributed by atoms with Crippen molar-refractivity contribution >= 4 is 5.91 Å². The van der Waals surface area contributed by atoms with E-state index in [1.54, 1.807) is 0 Å². The average Bonchev–Trinajstić information content (AvgIpc) is 3.20. The Bertz CT molecular complexity index is 638. The van der Waals surface area contributed by atoms with Gasteiger partial charge in [0.2, 0.25) is 5.91 Å². The van der Waals surface area contributed by atoms with Gasteiger partial charge in [0.05, 0.1) is 0 Å². The molecule has 6 rings (SSSR count). The summed E-state index contributed by atoms with van der Waals surface area (Å²) >= 11 is 0. The Morgan fingerprint density at radius 3 is 2.58 bits per heavy atom. The summed E-state index contributed by atoms with van der Waals surface area (Å²) in [6.07, 6.45) is 4.79. The molecule has 1 aromatic carbocycles. The minimum Gasteiger partial charge on any atom is -0.339 e. The van der Waals surface area contributed by atoms with Crippen molar-refractivity contribution < 1.29 is 4.79 Å². The second-order valence-electron chi connectivity index (χ2n) is 8.93. The zero-order chi connectivity index (χ0) is 16.3. The van der Waals surface area contributed by atoms with Crippen LogP contribution < -0.4 is 0 Å². The lowest BCUT2D eigenvalue weighted by molar-refractivity contribution is -0.149. The molecule has 2 saturated carbocycles. The highest BCUT2D eigenvalue weighted by Gasteiger charge is 2.56. The van der Waals surface area contributed by atoms with Gasteiger partial charge in [-0.05, 0) is 49.0 Å². The molecule has 4 atom stereocenters. The maximum absolute atomic E-state index is 12.9. The van der Waals surface area contributed by atoms with Crippen molar-refractivity contribution in [2.45, 2.75) is 45.2 Å². The summed E-state index contributed by atoms with van der Waals surface area (Å²) in [5.74, 6) is 2.75. The van der Waals surface area contributed by atoms with Crippen LogP contribution in [0.4, 0.5) is 0 Å². The van der Waals surface area contributed by atoms with Gasteiger partial charge in [0, 0.05) is 37.6 Å². The lowest BCUT2D eigenvalue weighted by Crippen LogP contribution is -2.60. The Balaban J connectivity index is 1.32. The van der Waals surface area contributed by atoms with Gasteiger partial charge in [0.15, 0.2) is 0 Å². The standard InChI is InChI=1S/C21H28N2O/c1-21(9-10-21)20(24)23-12-16-7-8-19(23)18-14-22(13-17(16)18)11-15-5-3-2-4-6-15/h2-6,16-19H,7-14H2,1H3. The van der Waals surface area contributed by atoms with Crippen LogP contribution in [-0.4, -0.2) is 41.4 Å². The number of amides is 1. The first-order chi connectivity index (χ1) is 11.6. The highest BCUT2D eigenvalue weighted by Crippen LogP contribution is 2.52. The number of benzene rings is 1. The average molecular weight is 324 g/mol. The second kappa shape index (κ2) is 5.32. The van der Waals surface area contributed by atoms with Gasteiger partial charge in [0.25, 0.3) is 0 Å². The molecular formula is C21H28N2O. The lowest BCUT2D eigenvalue weighted by Gasteiger charge is -2.52. The lowest BCUT2D eigenvalue weighted by atomic mass is 9.66. The quantitative estimate of drug-likeness (QED) is 0.853. The normalized spacial score (nSPS) is 36.6. The summed E-state index contributed by atoms with van der Waals surface area (Å²) in [6, 6.07) is 11.4. The number of carbonyl (C=O) groups is 1. The van der Waals surface area contributed by atoms with Crippen LogP contribution in [0.25, 0.3) is 0 Å². The van der Waals surface area contributed by atoms with E-state index in [0.29, 0.717) is 17.9 Å². The molecular weight excluding hydrogens is 296 g/mol. The smallest absolute Gasteiger partial charge is 0.228 e. The molecule has 0 radical (unpaired) electrons. The Morgan fingerprint density at radius 1 is 1.08 bits per heavy atom. The number of rotatable bonds is 3. The summed E-state index contributed by atoms with van der Waals surface area (Å²) in [5.41, 5.74) is 1.41. The number of carbonyl (C=O) groups excluding carboxylic acids is 1. The van der Waals surface area contributed by atoms with Gasteiger partial charge in [-0.3, -0.25) is 9.69 Å². The highest BCUT2D eigenvalue weighted by molar-refractivity contribution is 5.85. The van der Waals surface area contributed by atoms with Crippen LogP contribution in [0.2, 0.25) is 0 Å². The molecule has 128 valence electrons. The topological polar surface area (TPSA) is 23.6 Å². The molecule has 0 N–H and O–H groups in total. The third kappa shape index (κ3) is 2.32. The Kier molecular flexibility index (Phi) is 3.31. The molecule has 3 saturated heterocycles.